The zero-order valence-corrected chi connectivity index (χ0v) is 8.99. The van der Waals surface area contributed by atoms with Crippen molar-refractivity contribution in [2.45, 2.75) is 6.92 Å². The van der Waals surface area contributed by atoms with Gasteiger partial charge in [-0.25, -0.2) is 0 Å². The predicted octanol–water partition coefficient (Wildman–Crippen LogP) is 0.969. The average molecular weight is 285 g/mol. The van der Waals surface area contributed by atoms with E-state index in [4.69, 9.17) is 0 Å². The van der Waals surface area contributed by atoms with E-state index in [1.54, 1.807) is 0 Å². The molecule has 0 aliphatic heterocycles. The molecule has 1 unspecified atom stereocenters. The van der Waals surface area contributed by atoms with E-state index >= 15 is 0 Å². The van der Waals surface area contributed by atoms with Gasteiger partial charge >= 0.3 is 0 Å². The van der Waals surface area contributed by atoms with Gasteiger partial charge in [0.25, 0.3) is 0 Å². The molecular formula is C5H7Br2N3O. The standard InChI is InChI=1S/C5H7Br2N3O/c1-2-10(11)3-4(6)8-9-5(3)7/h10H,2H2,1H3,(H,8,9). The van der Waals surface area contributed by atoms with Gasteiger partial charge in [-0.1, -0.05) is 0 Å². The fourth-order valence-electron chi connectivity index (χ4n) is 0.715. The van der Waals surface area contributed by atoms with Crippen LogP contribution < -0.4 is 5.06 Å². The predicted molar refractivity (Wildman–Crippen MR) is 48.5 cm³/mol. The van der Waals surface area contributed by atoms with E-state index in [1.807, 2.05) is 6.92 Å². The summed E-state index contributed by atoms with van der Waals surface area (Å²) in [7, 11) is 0. The summed E-state index contributed by atoms with van der Waals surface area (Å²) in [5, 5.41) is 17.7. The highest BCUT2D eigenvalue weighted by molar-refractivity contribution is 9.11. The van der Waals surface area contributed by atoms with Crippen LogP contribution in [-0.4, -0.2) is 16.7 Å². The second-order valence-electron chi connectivity index (χ2n) is 1.98. The van der Waals surface area contributed by atoms with E-state index in [2.05, 4.69) is 42.1 Å². The molecule has 62 valence electrons. The number of hydrogen-bond donors (Lipinski definition) is 2. The minimum atomic E-state index is 0.0671. The van der Waals surface area contributed by atoms with Crippen LogP contribution in [0.15, 0.2) is 9.21 Å². The van der Waals surface area contributed by atoms with Crippen molar-refractivity contribution in [1.29, 1.82) is 0 Å². The summed E-state index contributed by atoms with van der Waals surface area (Å²) in [6.07, 6.45) is 0. The maximum atomic E-state index is 11.2. The van der Waals surface area contributed by atoms with E-state index in [9.17, 15) is 5.21 Å². The van der Waals surface area contributed by atoms with Gasteiger partial charge in [-0.05, 0) is 38.8 Å². The van der Waals surface area contributed by atoms with Crippen molar-refractivity contribution >= 4 is 37.5 Å². The van der Waals surface area contributed by atoms with Gasteiger partial charge in [-0.2, -0.15) is 5.10 Å². The summed E-state index contributed by atoms with van der Waals surface area (Å²) < 4.78 is 1.20. The molecule has 2 N–H and O–H groups in total. The third-order valence-corrected chi connectivity index (χ3v) is 2.43. The SMILES string of the molecule is CC[NH+]([O-])c1c(Br)n[nH]c1Br. The van der Waals surface area contributed by atoms with Crippen LogP contribution in [0.4, 0.5) is 5.69 Å². The smallest absolute Gasteiger partial charge is 0.198 e. The first-order valence-corrected chi connectivity index (χ1v) is 4.68. The molecule has 1 heterocycles. The molecule has 0 aliphatic rings. The average Bonchev–Trinajstić information content (AvgIpc) is 2.30. The summed E-state index contributed by atoms with van der Waals surface area (Å²) in [5.74, 6) is 0. The Labute approximate surface area is 80.8 Å². The van der Waals surface area contributed by atoms with E-state index in [0.717, 1.165) is 0 Å². The van der Waals surface area contributed by atoms with Crippen LogP contribution in [0.25, 0.3) is 0 Å². The summed E-state index contributed by atoms with van der Waals surface area (Å²) in [6.45, 7) is 2.30. The highest BCUT2D eigenvalue weighted by atomic mass is 79.9. The lowest BCUT2D eigenvalue weighted by molar-refractivity contribution is -0.774. The lowest BCUT2D eigenvalue weighted by Crippen LogP contribution is -3.01. The van der Waals surface area contributed by atoms with Crippen molar-refractivity contribution in [3.05, 3.63) is 14.4 Å². The first-order chi connectivity index (χ1) is 5.16. The van der Waals surface area contributed by atoms with Gasteiger partial charge in [-0.3, -0.25) is 5.10 Å². The number of halogens is 2. The normalized spacial score (nSPS) is 13.5. The molecule has 0 fully saturated rings. The molecule has 4 nitrogen and oxygen atoms in total. The quantitative estimate of drug-likeness (QED) is 0.795. The van der Waals surface area contributed by atoms with Crippen molar-refractivity contribution in [3.8, 4) is 0 Å². The third-order valence-electron chi connectivity index (χ3n) is 1.28. The third kappa shape index (κ3) is 1.81. The summed E-state index contributed by atoms with van der Waals surface area (Å²) in [5.41, 5.74) is 0.590. The second kappa shape index (κ2) is 3.66. The molecule has 0 aliphatic carbocycles. The number of aromatic nitrogens is 2. The maximum Gasteiger partial charge on any atom is 0.198 e. The van der Waals surface area contributed by atoms with Gasteiger partial charge in [0.2, 0.25) is 0 Å². The lowest BCUT2D eigenvalue weighted by atomic mass is 10.5. The molecule has 0 bridgehead atoms. The van der Waals surface area contributed by atoms with Crippen LogP contribution >= 0.6 is 31.9 Å². The number of nitrogens with one attached hydrogen (secondary N) is 2. The number of aromatic amines is 1. The monoisotopic (exact) mass is 283 g/mol. The molecule has 0 aromatic carbocycles. The molecule has 1 aromatic rings. The Hall–Kier alpha value is 0.0900. The Kier molecular flexibility index (Phi) is 3.06. The van der Waals surface area contributed by atoms with Crippen LogP contribution in [0.1, 0.15) is 6.92 Å². The fourth-order valence-corrected chi connectivity index (χ4v) is 1.99. The van der Waals surface area contributed by atoms with Gasteiger partial charge in [0, 0.05) is 0 Å². The molecular weight excluding hydrogens is 278 g/mol. The Morgan fingerprint density at radius 2 is 2.27 bits per heavy atom. The largest absolute Gasteiger partial charge is 0.629 e. The molecule has 0 radical (unpaired) electrons. The van der Waals surface area contributed by atoms with Crippen molar-refractivity contribution < 1.29 is 5.06 Å². The van der Waals surface area contributed by atoms with Crippen LogP contribution in [-0.2, 0) is 0 Å². The van der Waals surface area contributed by atoms with Gasteiger partial charge in [0.15, 0.2) is 14.9 Å². The first kappa shape index (κ1) is 9.18. The molecule has 1 aromatic heterocycles. The van der Waals surface area contributed by atoms with E-state index < -0.39 is 0 Å². The molecule has 1 rings (SSSR count). The van der Waals surface area contributed by atoms with Crippen molar-refractivity contribution in [2.24, 2.45) is 0 Å². The van der Waals surface area contributed by atoms with Crippen molar-refractivity contribution in [1.82, 2.24) is 10.2 Å². The maximum absolute atomic E-state index is 11.2. The highest BCUT2D eigenvalue weighted by Crippen LogP contribution is 2.23. The lowest BCUT2D eigenvalue weighted by Gasteiger charge is -2.18. The van der Waals surface area contributed by atoms with Crippen LogP contribution in [0.2, 0.25) is 0 Å². The number of nitrogens with zero attached hydrogens (tertiary/aromatic N) is 1. The molecule has 6 heteroatoms. The van der Waals surface area contributed by atoms with Gasteiger partial charge in [0.1, 0.15) is 0 Å². The minimum absolute atomic E-state index is 0.0671. The van der Waals surface area contributed by atoms with Crippen LogP contribution in [0, 0.1) is 5.21 Å². The first-order valence-electron chi connectivity index (χ1n) is 3.09. The van der Waals surface area contributed by atoms with Gasteiger partial charge in [0.05, 0.1) is 6.54 Å². The second-order valence-corrected chi connectivity index (χ2v) is 3.52. The number of hydroxylamine groups is 1. The Balaban J connectivity index is 3.00. The topological polar surface area (TPSA) is 56.2 Å². The summed E-state index contributed by atoms with van der Waals surface area (Å²) in [4.78, 5) is 0. The zero-order chi connectivity index (χ0) is 8.43. The Bertz CT molecular complexity index is 230. The molecule has 11 heavy (non-hydrogen) atoms. The Morgan fingerprint density at radius 3 is 2.64 bits per heavy atom. The van der Waals surface area contributed by atoms with Gasteiger partial charge in [-0.15, -0.1) is 0 Å². The zero-order valence-electron chi connectivity index (χ0n) is 5.82. The van der Waals surface area contributed by atoms with Gasteiger partial charge < -0.3 is 10.3 Å². The molecule has 0 saturated carbocycles. The van der Waals surface area contributed by atoms with E-state index in [-0.39, 0.29) is 5.06 Å². The molecule has 0 saturated heterocycles. The van der Waals surface area contributed by atoms with Crippen LogP contribution in [0.5, 0.6) is 0 Å². The summed E-state index contributed by atoms with van der Waals surface area (Å²) in [6, 6.07) is 0. The van der Waals surface area contributed by atoms with Crippen molar-refractivity contribution in [3.63, 3.8) is 0 Å². The minimum Gasteiger partial charge on any atom is -0.629 e. The molecule has 1 atom stereocenters. The van der Waals surface area contributed by atoms with E-state index in [1.165, 1.54) is 0 Å². The number of H-pyrrole nitrogens is 1. The summed E-state index contributed by atoms with van der Waals surface area (Å²) >= 11 is 6.35. The highest BCUT2D eigenvalue weighted by Gasteiger charge is 2.14. The van der Waals surface area contributed by atoms with Crippen molar-refractivity contribution in [2.75, 3.05) is 6.54 Å². The molecule has 0 spiro atoms. The number of quaternary nitrogens is 1. The number of hydrogen-bond acceptors (Lipinski definition) is 2. The number of rotatable bonds is 2. The Morgan fingerprint density at radius 1 is 1.64 bits per heavy atom. The van der Waals surface area contributed by atoms with E-state index in [0.29, 0.717) is 21.4 Å². The molecule has 0 amide bonds. The van der Waals surface area contributed by atoms with Crippen LogP contribution in [0.3, 0.4) is 0 Å². The fraction of sp³-hybridized carbons (Fsp3) is 0.400.